The van der Waals surface area contributed by atoms with E-state index in [-0.39, 0.29) is 22.8 Å². The third-order valence-electron chi connectivity index (χ3n) is 3.85. The quantitative estimate of drug-likeness (QED) is 0.507. The van der Waals surface area contributed by atoms with Crippen LogP contribution in [0, 0.1) is 17.0 Å². The Hall–Kier alpha value is -3.69. The first-order valence-corrected chi connectivity index (χ1v) is 7.84. The van der Waals surface area contributed by atoms with Crippen LogP contribution < -0.4 is 5.32 Å². The summed E-state index contributed by atoms with van der Waals surface area (Å²) in [5, 5.41) is 13.3. The van der Waals surface area contributed by atoms with Crippen LogP contribution in [0.4, 0.5) is 24.5 Å². The summed E-state index contributed by atoms with van der Waals surface area (Å²) in [6, 6.07) is 8.23. The molecule has 0 radical (unpaired) electrons. The molecule has 0 atom stereocenters. The molecular formula is C18H12F3N3O4. The molecule has 0 saturated heterocycles. The van der Waals surface area contributed by atoms with E-state index < -0.39 is 22.6 Å². The van der Waals surface area contributed by atoms with Gasteiger partial charge in [0.2, 0.25) is 5.89 Å². The van der Waals surface area contributed by atoms with Crippen LogP contribution in [0.5, 0.6) is 0 Å². The molecule has 0 unspecified atom stereocenters. The SMILES string of the molecule is Cc1cc(NC(=O)c2coc(-c3ccc(C(F)(F)F)cc3)n2)ccc1[N+](=O)[O-]. The number of hydrogen-bond acceptors (Lipinski definition) is 5. The molecule has 0 aliphatic rings. The molecule has 28 heavy (non-hydrogen) atoms. The van der Waals surface area contributed by atoms with Gasteiger partial charge in [0.25, 0.3) is 11.6 Å². The van der Waals surface area contributed by atoms with Crippen molar-refractivity contribution in [2.75, 3.05) is 5.32 Å². The highest BCUT2D eigenvalue weighted by Crippen LogP contribution is 2.31. The number of halogens is 3. The maximum absolute atomic E-state index is 12.6. The number of nitrogens with zero attached hydrogens (tertiary/aromatic N) is 2. The number of aromatic nitrogens is 1. The van der Waals surface area contributed by atoms with E-state index in [9.17, 15) is 28.1 Å². The summed E-state index contributed by atoms with van der Waals surface area (Å²) in [5.74, 6) is -0.645. The van der Waals surface area contributed by atoms with Crippen molar-refractivity contribution < 1.29 is 27.3 Å². The van der Waals surface area contributed by atoms with Gasteiger partial charge in [-0.25, -0.2) is 4.98 Å². The summed E-state index contributed by atoms with van der Waals surface area (Å²) in [4.78, 5) is 26.5. The molecule has 7 nitrogen and oxygen atoms in total. The predicted octanol–water partition coefficient (Wildman–Crippen LogP) is 4.83. The van der Waals surface area contributed by atoms with Gasteiger partial charge >= 0.3 is 6.18 Å². The van der Waals surface area contributed by atoms with Crippen molar-refractivity contribution in [1.29, 1.82) is 0 Å². The lowest BCUT2D eigenvalue weighted by molar-refractivity contribution is -0.385. The molecule has 2 aromatic carbocycles. The molecule has 3 aromatic rings. The number of oxazole rings is 1. The Balaban J connectivity index is 1.75. The average Bonchev–Trinajstić information content (AvgIpc) is 3.11. The Morgan fingerprint density at radius 3 is 2.43 bits per heavy atom. The van der Waals surface area contributed by atoms with Gasteiger partial charge in [0.05, 0.1) is 10.5 Å². The van der Waals surface area contributed by atoms with Crippen molar-refractivity contribution in [3.63, 3.8) is 0 Å². The minimum atomic E-state index is -4.46. The number of benzene rings is 2. The summed E-state index contributed by atoms with van der Waals surface area (Å²) in [7, 11) is 0. The number of rotatable bonds is 4. The number of anilines is 1. The molecule has 10 heteroatoms. The molecule has 0 saturated carbocycles. The lowest BCUT2D eigenvalue weighted by Crippen LogP contribution is -2.12. The van der Waals surface area contributed by atoms with E-state index in [1.54, 1.807) is 0 Å². The lowest BCUT2D eigenvalue weighted by Gasteiger charge is -2.06. The largest absolute Gasteiger partial charge is 0.444 e. The molecule has 0 fully saturated rings. The average molecular weight is 391 g/mol. The monoisotopic (exact) mass is 391 g/mol. The number of alkyl halides is 3. The van der Waals surface area contributed by atoms with Gasteiger partial charge in [-0.15, -0.1) is 0 Å². The van der Waals surface area contributed by atoms with E-state index in [0.717, 1.165) is 18.4 Å². The molecule has 0 spiro atoms. The second-order valence-corrected chi connectivity index (χ2v) is 5.83. The number of aryl methyl sites for hydroxylation is 1. The predicted molar refractivity (Wildman–Crippen MR) is 92.7 cm³/mol. The first kappa shape index (κ1) is 19.1. The number of amides is 1. The summed E-state index contributed by atoms with van der Waals surface area (Å²) >= 11 is 0. The van der Waals surface area contributed by atoms with Crippen LogP contribution in [0.1, 0.15) is 21.6 Å². The first-order valence-electron chi connectivity index (χ1n) is 7.84. The normalized spacial score (nSPS) is 11.3. The number of carbonyl (C=O) groups is 1. The fraction of sp³-hybridized carbons (Fsp3) is 0.111. The van der Waals surface area contributed by atoms with Gasteiger partial charge in [0, 0.05) is 22.9 Å². The van der Waals surface area contributed by atoms with Crippen LogP contribution in [0.25, 0.3) is 11.5 Å². The van der Waals surface area contributed by atoms with E-state index in [1.165, 1.54) is 37.3 Å². The van der Waals surface area contributed by atoms with Gasteiger partial charge in [0.15, 0.2) is 5.69 Å². The third-order valence-corrected chi connectivity index (χ3v) is 3.85. The Labute approximate surface area is 156 Å². The second kappa shape index (κ2) is 7.14. The Kier molecular flexibility index (Phi) is 4.87. The van der Waals surface area contributed by atoms with Crippen LogP contribution in [0.2, 0.25) is 0 Å². The Morgan fingerprint density at radius 2 is 1.86 bits per heavy atom. The first-order chi connectivity index (χ1) is 13.1. The number of nitrogens with one attached hydrogen (secondary N) is 1. The molecular weight excluding hydrogens is 379 g/mol. The fourth-order valence-corrected chi connectivity index (χ4v) is 2.45. The van der Waals surface area contributed by atoms with E-state index in [0.29, 0.717) is 11.3 Å². The molecule has 1 amide bonds. The lowest BCUT2D eigenvalue weighted by atomic mass is 10.1. The highest BCUT2D eigenvalue weighted by atomic mass is 19.4. The van der Waals surface area contributed by atoms with Crippen molar-refractivity contribution in [3.05, 3.63) is 75.7 Å². The zero-order valence-electron chi connectivity index (χ0n) is 14.3. The van der Waals surface area contributed by atoms with Crippen LogP contribution in [-0.2, 0) is 6.18 Å². The van der Waals surface area contributed by atoms with Crippen molar-refractivity contribution >= 4 is 17.3 Å². The third kappa shape index (κ3) is 4.00. The number of carbonyl (C=O) groups excluding carboxylic acids is 1. The number of nitro benzene ring substituents is 1. The van der Waals surface area contributed by atoms with Crippen molar-refractivity contribution in [2.45, 2.75) is 13.1 Å². The van der Waals surface area contributed by atoms with Gasteiger partial charge in [-0.1, -0.05) is 0 Å². The van der Waals surface area contributed by atoms with Crippen LogP contribution in [0.15, 0.2) is 53.1 Å². The highest BCUT2D eigenvalue weighted by molar-refractivity contribution is 6.03. The summed E-state index contributed by atoms with van der Waals surface area (Å²) in [6.45, 7) is 1.53. The number of hydrogen-bond donors (Lipinski definition) is 1. The maximum Gasteiger partial charge on any atom is 0.416 e. The molecule has 0 aliphatic carbocycles. The van der Waals surface area contributed by atoms with Crippen molar-refractivity contribution in [1.82, 2.24) is 4.98 Å². The maximum atomic E-state index is 12.6. The molecule has 1 N–H and O–H groups in total. The summed E-state index contributed by atoms with van der Waals surface area (Å²) < 4.78 is 43.0. The highest BCUT2D eigenvalue weighted by Gasteiger charge is 2.30. The standard InChI is InChI=1S/C18H12F3N3O4/c1-10-8-13(6-7-15(10)24(26)27)22-16(25)14-9-28-17(23-14)11-2-4-12(5-3-11)18(19,20)21/h2-9H,1H3,(H,22,25). The van der Waals surface area contributed by atoms with Crippen molar-refractivity contribution in [2.24, 2.45) is 0 Å². The van der Waals surface area contributed by atoms with Crippen LogP contribution in [0.3, 0.4) is 0 Å². The van der Waals surface area contributed by atoms with Crippen LogP contribution in [-0.4, -0.2) is 15.8 Å². The zero-order chi connectivity index (χ0) is 20.5. The van der Waals surface area contributed by atoms with Gasteiger partial charge in [-0.3, -0.25) is 14.9 Å². The molecule has 144 valence electrons. The second-order valence-electron chi connectivity index (χ2n) is 5.83. The molecule has 0 bridgehead atoms. The van der Waals surface area contributed by atoms with Gasteiger partial charge in [-0.2, -0.15) is 13.2 Å². The Bertz CT molecular complexity index is 1040. The smallest absolute Gasteiger partial charge is 0.416 e. The molecule has 1 aromatic heterocycles. The van der Waals surface area contributed by atoms with Crippen LogP contribution >= 0.6 is 0 Å². The van der Waals surface area contributed by atoms with Gasteiger partial charge in [0.1, 0.15) is 6.26 Å². The topological polar surface area (TPSA) is 98.3 Å². The van der Waals surface area contributed by atoms with Crippen molar-refractivity contribution in [3.8, 4) is 11.5 Å². The minimum absolute atomic E-state index is 0.0150. The minimum Gasteiger partial charge on any atom is -0.444 e. The molecule has 3 rings (SSSR count). The number of nitro groups is 1. The van der Waals surface area contributed by atoms with Gasteiger partial charge < -0.3 is 9.73 Å². The molecule has 0 aliphatic heterocycles. The van der Waals surface area contributed by atoms with E-state index in [1.807, 2.05) is 0 Å². The summed E-state index contributed by atoms with van der Waals surface area (Å²) in [5.41, 5.74) is -0.0111. The van der Waals surface area contributed by atoms with E-state index in [4.69, 9.17) is 4.42 Å². The Morgan fingerprint density at radius 1 is 1.18 bits per heavy atom. The molecule has 1 heterocycles. The zero-order valence-corrected chi connectivity index (χ0v) is 14.3. The van der Waals surface area contributed by atoms with E-state index in [2.05, 4.69) is 10.3 Å². The van der Waals surface area contributed by atoms with E-state index >= 15 is 0 Å². The van der Waals surface area contributed by atoms with Gasteiger partial charge in [-0.05, 0) is 43.3 Å². The summed E-state index contributed by atoms with van der Waals surface area (Å²) in [6.07, 6.45) is -3.39. The fourth-order valence-electron chi connectivity index (χ4n) is 2.45.